The molecule has 0 amide bonds. The van der Waals surface area contributed by atoms with Crippen LogP contribution in [0, 0.1) is 0 Å². The van der Waals surface area contributed by atoms with Crippen LogP contribution < -0.4 is 4.74 Å². The number of hydrogen-bond acceptors (Lipinski definition) is 4. The summed E-state index contributed by atoms with van der Waals surface area (Å²) in [5, 5.41) is 3.28. The van der Waals surface area contributed by atoms with Crippen LogP contribution in [0.5, 0.6) is 5.75 Å². The fourth-order valence-electron chi connectivity index (χ4n) is 3.32. The highest BCUT2D eigenvalue weighted by atomic mass is 16.5. The third kappa shape index (κ3) is 2.72. The molecular formula is C23H16N2O2. The zero-order chi connectivity index (χ0) is 18.2. The summed E-state index contributed by atoms with van der Waals surface area (Å²) >= 11 is 0. The van der Waals surface area contributed by atoms with Crippen molar-refractivity contribution in [1.82, 2.24) is 9.97 Å². The molecule has 0 aliphatic heterocycles. The molecule has 27 heavy (non-hydrogen) atoms. The molecule has 0 fully saturated rings. The van der Waals surface area contributed by atoms with Gasteiger partial charge in [0, 0.05) is 22.7 Å². The average Bonchev–Trinajstić information content (AvgIpc) is 3.22. The van der Waals surface area contributed by atoms with Crippen LogP contribution >= 0.6 is 0 Å². The molecule has 5 aromatic rings. The topological polar surface area (TPSA) is 48.2 Å². The summed E-state index contributed by atoms with van der Waals surface area (Å²) in [6, 6.07) is 22.2. The number of ether oxygens (including phenoxy) is 1. The van der Waals surface area contributed by atoms with Crippen LogP contribution in [0.4, 0.5) is 0 Å². The molecule has 0 saturated carbocycles. The number of benzene rings is 3. The molecule has 0 atom stereocenters. The smallest absolute Gasteiger partial charge is 0.227 e. The largest absolute Gasteiger partial charge is 0.497 e. The summed E-state index contributed by atoms with van der Waals surface area (Å²) in [6.07, 6.45) is 3.56. The lowest BCUT2D eigenvalue weighted by atomic mass is 10.1. The van der Waals surface area contributed by atoms with Gasteiger partial charge in [-0.3, -0.25) is 4.98 Å². The van der Waals surface area contributed by atoms with Crippen molar-refractivity contribution in [3.8, 4) is 28.5 Å². The van der Waals surface area contributed by atoms with E-state index in [2.05, 4.69) is 22.1 Å². The Hall–Kier alpha value is -3.66. The molecule has 2 heterocycles. The molecule has 0 spiro atoms. The van der Waals surface area contributed by atoms with E-state index in [0.29, 0.717) is 5.89 Å². The van der Waals surface area contributed by atoms with Crippen LogP contribution in [-0.2, 0) is 0 Å². The lowest BCUT2D eigenvalue weighted by molar-refractivity contribution is 0.415. The number of aromatic nitrogens is 2. The molecular weight excluding hydrogens is 336 g/mol. The quantitative estimate of drug-likeness (QED) is 0.417. The molecule has 4 heteroatoms. The maximum atomic E-state index is 6.09. The summed E-state index contributed by atoms with van der Waals surface area (Å²) in [5.41, 5.74) is 2.86. The number of hydrogen-bond donors (Lipinski definition) is 0. The van der Waals surface area contributed by atoms with E-state index < -0.39 is 0 Å². The number of para-hydroxylation sites is 1. The first-order chi connectivity index (χ1) is 13.3. The average molecular weight is 352 g/mol. The Labute approximate surface area is 156 Å². The Bertz CT molecular complexity index is 1270. The van der Waals surface area contributed by atoms with Crippen LogP contribution in [0.25, 0.3) is 44.5 Å². The summed E-state index contributed by atoms with van der Waals surface area (Å²) < 4.78 is 11.4. The van der Waals surface area contributed by atoms with Crippen LogP contribution in [-0.4, -0.2) is 17.1 Å². The van der Waals surface area contributed by atoms with E-state index >= 15 is 0 Å². The minimum absolute atomic E-state index is 0.596. The monoisotopic (exact) mass is 352 g/mol. The SMILES string of the molecule is COc1ccc2cc(-c3cnc(-c4ccnc5ccccc45)o3)ccc2c1. The van der Waals surface area contributed by atoms with Gasteiger partial charge in [-0.1, -0.05) is 36.4 Å². The lowest BCUT2D eigenvalue weighted by Crippen LogP contribution is -1.83. The lowest BCUT2D eigenvalue weighted by Gasteiger charge is -2.04. The molecule has 4 nitrogen and oxygen atoms in total. The van der Waals surface area contributed by atoms with Gasteiger partial charge in [-0.05, 0) is 41.1 Å². The zero-order valence-corrected chi connectivity index (χ0v) is 14.7. The molecule has 2 aromatic heterocycles. The zero-order valence-electron chi connectivity index (χ0n) is 14.7. The Kier molecular flexibility index (Phi) is 3.61. The van der Waals surface area contributed by atoms with Gasteiger partial charge in [0.15, 0.2) is 5.76 Å². The second-order valence-electron chi connectivity index (χ2n) is 6.33. The predicted octanol–water partition coefficient (Wildman–Crippen LogP) is 5.72. The van der Waals surface area contributed by atoms with E-state index in [1.165, 1.54) is 0 Å². The van der Waals surface area contributed by atoms with E-state index in [-0.39, 0.29) is 0 Å². The molecule has 0 radical (unpaired) electrons. The number of oxazole rings is 1. The van der Waals surface area contributed by atoms with Crippen molar-refractivity contribution in [2.75, 3.05) is 7.11 Å². The highest BCUT2D eigenvalue weighted by Gasteiger charge is 2.12. The van der Waals surface area contributed by atoms with Gasteiger partial charge in [0.1, 0.15) is 5.75 Å². The van der Waals surface area contributed by atoms with Crippen LogP contribution in [0.2, 0.25) is 0 Å². The van der Waals surface area contributed by atoms with Gasteiger partial charge >= 0.3 is 0 Å². The fourth-order valence-corrected chi connectivity index (χ4v) is 3.32. The van der Waals surface area contributed by atoms with Crippen molar-refractivity contribution in [2.24, 2.45) is 0 Å². The Balaban J connectivity index is 1.58. The van der Waals surface area contributed by atoms with Crippen LogP contribution in [0.3, 0.4) is 0 Å². The van der Waals surface area contributed by atoms with Gasteiger partial charge < -0.3 is 9.15 Å². The number of pyridine rings is 1. The van der Waals surface area contributed by atoms with Gasteiger partial charge in [-0.2, -0.15) is 0 Å². The molecule has 0 N–H and O–H groups in total. The van der Waals surface area contributed by atoms with Crippen molar-refractivity contribution in [2.45, 2.75) is 0 Å². The van der Waals surface area contributed by atoms with E-state index in [1.807, 2.05) is 54.6 Å². The summed E-state index contributed by atoms with van der Waals surface area (Å²) in [7, 11) is 1.67. The third-order valence-corrected chi connectivity index (χ3v) is 4.72. The molecule has 0 aliphatic carbocycles. The third-order valence-electron chi connectivity index (χ3n) is 4.72. The van der Waals surface area contributed by atoms with Crippen LogP contribution in [0.15, 0.2) is 83.5 Å². The highest BCUT2D eigenvalue weighted by molar-refractivity contribution is 5.92. The minimum Gasteiger partial charge on any atom is -0.497 e. The Morgan fingerprint density at radius 3 is 2.63 bits per heavy atom. The first-order valence-corrected chi connectivity index (χ1v) is 8.70. The van der Waals surface area contributed by atoms with E-state index in [9.17, 15) is 0 Å². The highest BCUT2D eigenvalue weighted by Crippen LogP contribution is 2.32. The van der Waals surface area contributed by atoms with E-state index in [0.717, 1.165) is 44.3 Å². The minimum atomic E-state index is 0.596. The molecule has 5 rings (SSSR count). The Morgan fingerprint density at radius 2 is 1.70 bits per heavy atom. The number of rotatable bonds is 3. The number of fused-ring (bicyclic) bond motifs is 2. The first-order valence-electron chi connectivity index (χ1n) is 8.70. The molecule has 0 aliphatic rings. The van der Waals surface area contributed by atoms with Gasteiger partial charge in [0.2, 0.25) is 5.89 Å². The first kappa shape index (κ1) is 15.6. The fraction of sp³-hybridized carbons (Fsp3) is 0.0435. The van der Waals surface area contributed by atoms with Crippen molar-refractivity contribution in [3.05, 3.63) is 79.1 Å². The van der Waals surface area contributed by atoms with Gasteiger partial charge in [-0.25, -0.2) is 4.98 Å². The standard InChI is InChI=1S/C23H16N2O2/c1-26-18-9-8-15-12-17(7-6-16(15)13-18)22-14-25-23(27-22)20-10-11-24-21-5-3-2-4-19(20)21/h2-14H,1H3. The van der Waals surface area contributed by atoms with E-state index in [1.54, 1.807) is 19.5 Å². The van der Waals surface area contributed by atoms with Crippen molar-refractivity contribution < 1.29 is 9.15 Å². The van der Waals surface area contributed by atoms with Gasteiger partial charge in [0.05, 0.1) is 18.8 Å². The van der Waals surface area contributed by atoms with Gasteiger partial charge in [-0.15, -0.1) is 0 Å². The Morgan fingerprint density at radius 1 is 0.852 bits per heavy atom. The van der Waals surface area contributed by atoms with E-state index in [4.69, 9.17) is 9.15 Å². The summed E-state index contributed by atoms with van der Waals surface area (Å²) in [4.78, 5) is 8.91. The second kappa shape index (κ2) is 6.25. The van der Waals surface area contributed by atoms with Crippen molar-refractivity contribution in [1.29, 1.82) is 0 Å². The predicted molar refractivity (Wildman–Crippen MR) is 107 cm³/mol. The maximum absolute atomic E-state index is 6.09. The number of methoxy groups -OCH3 is 1. The molecule has 3 aromatic carbocycles. The summed E-state index contributed by atoms with van der Waals surface area (Å²) in [5.74, 6) is 2.18. The maximum Gasteiger partial charge on any atom is 0.227 e. The number of nitrogens with zero attached hydrogens (tertiary/aromatic N) is 2. The molecule has 0 unspecified atom stereocenters. The molecule has 130 valence electrons. The molecule has 0 saturated heterocycles. The summed E-state index contributed by atoms with van der Waals surface area (Å²) in [6.45, 7) is 0. The normalized spacial score (nSPS) is 11.1. The second-order valence-corrected chi connectivity index (χ2v) is 6.33. The van der Waals surface area contributed by atoms with Crippen molar-refractivity contribution in [3.63, 3.8) is 0 Å². The van der Waals surface area contributed by atoms with Crippen molar-refractivity contribution >= 4 is 21.7 Å². The van der Waals surface area contributed by atoms with Gasteiger partial charge in [0.25, 0.3) is 0 Å². The van der Waals surface area contributed by atoms with Crippen LogP contribution in [0.1, 0.15) is 0 Å². The molecule has 0 bridgehead atoms.